The summed E-state index contributed by atoms with van der Waals surface area (Å²) in [5.41, 5.74) is 7.96. The van der Waals surface area contributed by atoms with Crippen LogP contribution in [0, 0.1) is 28.8 Å². The molecule has 49 heavy (non-hydrogen) atoms. The highest BCUT2D eigenvalue weighted by Crippen LogP contribution is 2.23. The molecule has 3 aromatic rings. The van der Waals surface area contributed by atoms with Gasteiger partial charge in [-0.1, -0.05) is 42.5 Å². The zero-order valence-corrected chi connectivity index (χ0v) is 27.6. The Morgan fingerprint density at radius 3 is 2.29 bits per heavy atom. The number of nitrogens with zero attached hydrogens (tertiary/aromatic N) is 3. The molecule has 13 heteroatoms. The van der Waals surface area contributed by atoms with Crippen molar-refractivity contribution in [2.75, 3.05) is 13.1 Å². The maximum Gasteiger partial charge on any atom is 0.243 e. The molecule has 2 heterocycles. The number of rotatable bonds is 12. The zero-order valence-electron chi connectivity index (χ0n) is 26.8. The number of carbonyl (C=O) groups is 3. The van der Waals surface area contributed by atoms with Gasteiger partial charge < -0.3 is 25.6 Å². The molecule has 0 spiro atoms. The Hall–Kier alpha value is -4.60. The maximum atomic E-state index is 14.6. The van der Waals surface area contributed by atoms with E-state index < -0.39 is 59.3 Å². The molecule has 9 nitrogen and oxygen atoms in total. The number of hydrogen-bond donors (Lipinski definition) is 2. The number of likely N-dealkylation sites (tertiary alicyclic amines) is 2. The largest absolute Gasteiger partial charge is 0.489 e. The summed E-state index contributed by atoms with van der Waals surface area (Å²) in [6, 6.07) is 16.8. The Bertz CT molecular complexity index is 1660. The van der Waals surface area contributed by atoms with Gasteiger partial charge in [0.2, 0.25) is 17.7 Å². The standard InChI is InChI=1S/C36H38F3N5O4.ClH/c37-29-20-31(39)30(38)18-25(29)17-26(19-34(45)43-14-4-8-27(43)21-40)42-35(46)33-9-5-15-44(33)36(47)32(41)16-23-10-12-28(13-11-23)48-22-24-6-2-1-3-7-24;/h1-3,6-7,10-13,18,20,26-27,32-33H,4-5,8-9,14-17,19,22,41H2,(H,42,46);1H/t26-,27?,32?,33?;/m1./s1. The van der Waals surface area contributed by atoms with E-state index in [0.717, 1.165) is 11.1 Å². The van der Waals surface area contributed by atoms with Crippen LogP contribution in [-0.4, -0.2) is 64.8 Å². The van der Waals surface area contributed by atoms with Gasteiger partial charge in [-0.25, -0.2) is 13.2 Å². The molecule has 4 atom stereocenters. The summed E-state index contributed by atoms with van der Waals surface area (Å²) >= 11 is 0. The van der Waals surface area contributed by atoms with Crippen molar-refractivity contribution < 1.29 is 32.3 Å². The van der Waals surface area contributed by atoms with Crippen LogP contribution in [0.1, 0.15) is 48.8 Å². The fraction of sp³-hybridized carbons (Fsp3) is 0.389. The first-order valence-corrected chi connectivity index (χ1v) is 16.1. The minimum atomic E-state index is -1.36. The number of nitriles is 1. The molecular weight excluding hydrogens is 659 g/mol. The van der Waals surface area contributed by atoms with Crippen molar-refractivity contribution >= 4 is 30.1 Å². The minimum absolute atomic E-state index is 0. The average molecular weight is 698 g/mol. The number of nitrogens with one attached hydrogen (secondary N) is 1. The van der Waals surface area contributed by atoms with Gasteiger partial charge in [0.05, 0.1) is 12.1 Å². The van der Waals surface area contributed by atoms with Gasteiger partial charge in [-0.05, 0) is 73.4 Å². The Labute approximate surface area is 289 Å². The number of amides is 3. The molecule has 2 aliphatic heterocycles. The third kappa shape index (κ3) is 9.52. The molecule has 0 bridgehead atoms. The van der Waals surface area contributed by atoms with Gasteiger partial charge in [0.1, 0.15) is 30.3 Å². The third-order valence-electron chi connectivity index (χ3n) is 8.83. The summed E-state index contributed by atoms with van der Waals surface area (Å²) in [5.74, 6) is -4.37. The fourth-order valence-electron chi connectivity index (χ4n) is 6.30. The Balaban J connectivity index is 0.00000541. The van der Waals surface area contributed by atoms with Crippen LogP contribution in [0.2, 0.25) is 0 Å². The van der Waals surface area contributed by atoms with E-state index in [9.17, 15) is 32.8 Å². The zero-order chi connectivity index (χ0) is 34.2. The molecule has 260 valence electrons. The fourth-order valence-corrected chi connectivity index (χ4v) is 6.30. The van der Waals surface area contributed by atoms with Crippen LogP contribution >= 0.6 is 12.4 Å². The van der Waals surface area contributed by atoms with Crippen molar-refractivity contribution in [3.8, 4) is 11.8 Å². The van der Waals surface area contributed by atoms with Crippen molar-refractivity contribution in [3.05, 3.63) is 101 Å². The number of benzene rings is 3. The molecule has 0 saturated carbocycles. The molecular formula is C36H39ClF3N5O4. The minimum Gasteiger partial charge on any atom is -0.489 e. The van der Waals surface area contributed by atoms with Crippen LogP contribution in [0.15, 0.2) is 66.7 Å². The molecule has 2 saturated heterocycles. The van der Waals surface area contributed by atoms with Crippen LogP contribution in [0.25, 0.3) is 0 Å². The van der Waals surface area contributed by atoms with Gasteiger partial charge in [-0.3, -0.25) is 14.4 Å². The van der Waals surface area contributed by atoms with Crippen LogP contribution in [-0.2, 0) is 33.8 Å². The summed E-state index contributed by atoms with van der Waals surface area (Å²) in [5, 5.41) is 12.2. The highest BCUT2D eigenvalue weighted by molar-refractivity contribution is 5.91. The number of ether oxygens (including phenoxy) is 1. The van der Waals surface area contributed by atoms with E-state index in [2.05, 4.69) is 11.4 Å². The second-order valence-electron chi connectivity index (χ2n) is 12.3. The van der Waals surface area contributed by atoms with Crippen molar-refractivity contribution in [1.29, 1.82) is 5.26 Å². The molecule has 0 aliphatic carbocycles. The van der Waals surface area contributed by atoms with E-state index in [0.29, 0.717) is 63.3 Å². The summed E-state index contributed by atoms with van der Waals surface area (Å²) in [6.45, 7) is 1.08. The van der Waals surface area contributed by atoms with Crippen molar-refractivity contribution in [1.82, 2.24) is 15.1 Å². The molecule has 3 amide bonds. The second-order valence-corrected chi connectivity index (χ2v) is 12.3. The van der Waals surface area contributed by atoms with E-state index in [-0.39, 0.29) is 37.2 Å². The molecule has 3 unspecified atom stereocenters. The maximum absolute atomic E-state index is 14.6. The number of nitrogens with two attached hydrogens (primary N) is 1. The predicted molar refractivity (Wildman–Crippen MR) is 178 cm³/mol. The molecule has 5 rings (SSSR count). The summed E-state index contributed by atoms with van der Waals surface area (Å²) < 4.78 is 48.1. The van der Waals surface area contributed by atoms with E-state index in [1.165, 1.54) is 9.80 Å². The first-order chi connectivity index (χ1) is 23.1. The summed E-state index contributed by atoms with van der Waals surface area (Å²) in [4.78, 5) is 43.1. The van der Waals surface area contributed by atoms with Gasteiger partial charge in [-0.15, -0.1) is 12.4 Å². The Morgan fingerprint density at radius 1 is 0.898 bits per heavy atom. The topological polar surface area (TPSA) is 129 Å². The third-order valence-corrected chi connectivity index (χ3v) is 8.83. The lowest BCUT2D eigenvalue weighted by Gasteiger charge is -2.29. The van der Waals surface area contributed by atoms with Crippen LogP contribution in [0.4, 0.5) is 13.2 Å². The van der Waals surface area contributed by atoms with E-state index in [4.69, 9.17) is 10.5 Å². The van der Waals surface area contributed by atoms with Gasteiger partial charge in [0.15, 0.2) is 11.6 Å². The van der Waals surface area contributed by atoms with Gasteiger partial charge >= 0.3 is 0 Å². The molecule has 2 aliphatic rings. The number of halogens is 4. The van der Waals surface area contributed by atoms with Gasteiger partial charge in [0.25, 0.3) is 0 Å². The average Bonchev–Trinajstić information content (AvgIpc) is 3.77. The normalized spacial score (nSPS) is 18.3. The van der Waals surface area contributed by atoms with Gasteiger partial charge in [-0.2, -0.15) is 5.26 Å². The molecule has 0 radical (unpaired) electrons. The summed E-state index contributed by atoms with van der Waals surface area (Å²) in [7, 11) is 0. The Morgan fingerprint density at radius 2 is 1.57 bits per heavy atom. The quantitative estimate of drug-likeness (QED) is 0.267. The monoisotopic (exact) mass is 697 g/mol. The number of carbonyl (C=O) groups excluding carboxylic acids is 3. The molecule has 0 aromatic heterocycles. The van der Waals surface area contributed by atoms with E-state index in [1.54, 1.807) is 12.1 Å². The van der Waals surface area contributed by atoms with Crippen molar-refractivity contribution in [2.45, 2.75) is 75.7 Å². The van der Waals surface area contributed by atoms with E-state index in [1.807, 2.05) is 42.5 Å². The highest BCUT2D eigenvalue weighted by Gasteiger charge is 2.38. The number of hydrogen-bond acceptors (Lipinski definition) is 6. The molecule has 3 N–H and O–H groups in total. The van der Waals surface area contributed by atoms with E-state index >= 15 is 0 Å². The Kier molecular flexibility index (Phi) is 13.0. The summed E-state index contributed by atoms with van der Waals surface area (Å²) in [6.07, 6.45) is 1.67. The first kappa shape index (κ1) is 37.2. The highest BCUT2D eigenvalue weighted by atomic mass is 35.5. The van der Waals surface area contributed by atoms with Crippen molar-refractivity contribution in [3.63, 3.8) is 0 Å². The molecule has 2 fully saturated rings. The van der Waals surface area contributed by atoms with Crippen molar-refractivity contribution in [2.24, 2.45) is 5.73 Å². The van der Waals surface area contributed by atoms with Crippen LogP contribution in [0.5, 0.6) is 5.75 Å². The molecule has 3 aromatic carbocycles. The second kappa shape index (κ2) is 17.2. The first-order valence-electron chi connectivity index (χ1n) is 16.1. The SMILES string of the molecule is Cl.N#CC1CCCN1C(=O)C[C@@H](Cc1cc(F)c(F)cc1F)NC(=O)C1CCCN1C(=O)C(N)Cc1ccc(OCc2ccccc2)cc1. The van der Waals surface area contributed by atoms with Gasteiger partial charge in [0, 0.05) is 31.6 Å². The lowest BCUT2D eigenvalue weighted by molar-refractivity contribution is -0.140. The lowest BCUT2D eigenvalue weighted by atomic mass is 10.0. The smallest absolute Gasteiger partial charge is 0.243 e. The lowest BCUT2D eigenvalue weighted by Crippen LogP contribution is -2.54. The van der Waals surface area contributed by atoms with Crippen LogP contribution in [0.3, 0.4) is 0 Å². The van der Waals surface area contributed by atoms with Crippen LogP contribution < -0.4 is 15.8 Å². The predicted octanol–water partition coefficient (Wildman–Crippen LogP) is 4.60.